The summed E-state index contributed by atoms with van der Waals surface area (Å²) < 4.78 is 63.1. The lowest BCUT2D eigenvalue weighted by Crippen LogP contribution is -2.43. The van der Waals surface area contributed by atoms with E-state index in [-0.39, 0.29) is 23.5 Å². The van der Waals surface area contributed by atoms with Crippen LogP contribution in [-0.4, -0.2) is 26.2 Å². The minimum absolute atomic E-state index is 0.00595. The van der Waals surface area contributed by atoms with Crippen molar-refractivity contribution in [1.82, 2.24) is 0 Å². The fourth-order valence-electron chi connectivity index (χ4n) is 3.16. The molecule has 1 aliphatic rings. The fourth-order valence-corrected chi connectivity index (χ4v) is 3.16. The minimum atomic E-state index is -4.66. The molecule has 1 unspecified atom stereocenters. The molecule has 1 atom stereocenters. The van der Waals surface area contributed by atoms with Crippen LogP contribution in [0.4, 0.5) is 33.7 Å². The third-order valence-corrected chi connectivity index (χ3v) is 4.50. The number of benzene rings is 2. The molecule has 10 heteroatoms. The number of nitrogens with zero attached hydrogens (tertiary/aromatic N) is 1. The van der Waals surface area contributed by atoms with E-state index in [1.807, 2.05) is 0 Å². The average molecular weight is 412 g/mol. The van der Waals surface area contributed by atoms with Gasteiger partial charge in [0.05, 0.1) is 43.6 Å². The second-order valence-electron chi connectivity index (χ2n) is 6.21. The molecule has 0 aromatic heterocycles. The maximum Gasteiger partial charge on any atom is 0.416 e. The van der Waals surface area contributed by atoms with Gasteiger partial charge in [-0.3, -0.25) is 9.69 Å². The first-order chi connectivity index (χ1) is 13.7. The Morgan fingerprint density at radius 3 is 2.52 bits per heavy atom. The molecule has 0 radical (unpaired) electrons. The lowest BCUT2D eigenvalue weighted by molar-refractivity contribution is -0.141. The molecular formula is C19H16F4N2O4. The molecule has 0 bridgehead atoms. The quantitative estimate of drug-likeness (QED) is 0.593. The average Bonchev–Trinajstić information content (AvgIpc) is 2.66. The van der Waals surface area contributed by atoms with Crippen LogP contribution in [0.5, 0.6) is 5.75 Å². The Labute approximate surface area is 163 Å². The van der Waals surface area contributed by atoms with Gasteiger partial charge in [0.1, 0.15) is 11.6 Å². The highest BCUT2D eigenvalue weighted by Gasteiger charge is 2.39. The number of carbonyl (C=O) groups excluding carboxylic acids is 2. The van der Waals surface area contributed by atoms with Gasteiger partial charge in [0.2, 0.25) is 0 Å². The number of halogens is 4. The highest BCUT2D eigenvalue weighted by Crippen LogP contribution is 2.44. The summed E-state index contributed by atoms with van der Waals surface area (Å²) in [6, 6.07) is 4.34. The molecule has 6 nitrogen and oxygen atoms in total. The fraction of sp³-hybridized carbons (Fsp3) is 0.263. The molecule has 0 spiro atoms. The van der Waals surface area contributed by atoms with Crippen molar-refractivity contribution in [3.63, 3.8) is 0 Å². The Hall–Kier alpha value is -3.30. The molecule has 2 amide bonds. The van der Waals surface area contributed by atoms with Crippen molar-refractivity contribution in [2.45, 2.75) is 18.6 Å². The predicted molar refractivity (Wildman–Crippen MR) is 95.3 cm³/mol. The molecule has 2 aromatic carbocycles. The molecule has 3 rings (SSSR count). The molecule has 29 heavy (non-hydrogen) atoms. The number of nitrogens with one attached hydrogen (secondary N) is 1. The van der Waals surface area contributed by atoms with Gasteiger partial charge in [0, 0.05) is 0 Å². The third kappa shape index (κ3) is 3.96. The van der Waals surface area contributed by atoms with Crippen molar-refractivity contribution in [1.29, 1.82) is 0 Å². The van der Waals surface area contributed by atoms with E-state index in [9.17, 15) is 27.2 Å². The first-order valence-electron chi connectivity index (χ1n) is 8.37. The number of alkyl halides is 3. The molecule has 0 saturated carbocycles. The number of rotatable bonds is 4. The summed E-state index contributed by atoms with van der Waals surface area (Å²) in [7, 11) is 2.39. The van der Waals surface area contributed by atoms with Crippen LogP contribution in [-0.2, 0) is 15.7 Å². The lowest BCUT2D eigenvalue weighted by atomic mass is 9.96. The first kappa shape index (κ1) is 20.4. The van der Waals surface area contributed by atoms with Crippen LogP contribution in [0.1, 0.15) is 23.6 Å². The normalized spacial score (nSPS) is 16.1. The zero-order valence-electron chi connectivity index (χ0n) is 15.3. The second-order valence-corrected chi connectivity index (χ2v) is 6.21. The number of esters is 1. The summed E-state index contributed by atoms with van der Waals surface area (Å²) in [5, 5.41) is 2.44. The Morgan fingerprint density at radius 2 is 1.90 bits per heavy atom. The van der Waals surface area contributed by atoms with Crippen molar-refractivity contribution in [2.24, 2.45) is 0 Å². The molecule has 2 aromatic rings. The number of anilines is 2. The molecule has 1 aliphatic heterocycles. The van der Waals surface area contributed by atoms with Gasteiger partial charge in [-0.15, -0.1) is 0 Å². The van der Waals surface area contributed by atoms with Crippen LogP contribution >= 0.6 is 0 Å². The zero-order chi connectivity index (χ0) is 21.3. The summed E-state index contributed by atoms with van der Waals surface area (Å²) in [4.78, 5) is 25.7. The van der Waals surface area contributed by atoms with Crippen LogP contribution in [0.2, 0.25) is 0 Å². The number of hydrogen-bond donors (Lipinski definition) is 1. The van der Waals surface area contributed by atoms with Gasteiger partial charge in [-0.05, 0) is 35.9 Å². The van der Waals surface area contributed by atoms with Crippen LogP contribution < -0.4 is 15.0 Å². The maximum atomic E-state index is 13.6. The molecule has 1 N–H and O–H groups in total. The van der Waals surface area contributed by atoms with Crippen LogP contribution in [0, 0.1) is 5.82 Å². The Kier molecular flexibility index (Phi) is 5.36. The topological polar surface area (TPSA) is 67.9 Å². The van der Waals surface area contributed by atoms with Crippen LogP contribution in [0.25, 0.3) is 0 Å². The summed E-state index contributed by atoms with van der Waals surface area (Å²) in [6.07, 6.45) is -5.02. The zero-order valence-corrected chi connectivity index (χ0v) is 15.3. The summed E-state index contributed by atoms with van der Waals surface area (Å²) >= 11 is 0. The summed E-state index contributed by atoms with van der Waals surface area (Å²) in [5.41, 5.74) is -0.728. The maximum absolute atomic E-state index is 13.6. The van der Waals surface area contributed by atoms with Gasteiger partial charge >= 0.3 is 18.2 Å². The monoisotopic (exact) mass is 412 g/mol. The van der Waals surface area contributed by atoms with Crippen molar-refractivity contribution in [3.05, 3.63) is 53.3 Å². The first-order valence-corrected chi connectivity index (χ1v) is 8.37. The van der Waals surface area contributed by atoms with E-state index in [0.717, 1.165) is 42.3 Å². The molecule has 0 saturated heterocycles. The van der Waals surface area contributed by atoms with E-state index >= 15 is 0 Å². The van der Waals surface area contributed by atoms with Crippen molar-refractivity contribution >= 4 is 23.4 Å². The van der Waals surface area contributed by atoms with E-state index in [1.54, 1.807) is 0 Å². The van der Waals surface area contributed by atoms with E-state index in [4.69, 9.17) is 4.74 Å². The molecule has 154 valence electrons. The number of ether oxygens (including phenoxy) is 2. The Morgan fingerprint density at radius 1 is 1.17 bits per heavy atom. The smallest absolute Gasteiger partial charge is 0.416 e. The van der Waals surface area contributed by atoms with Gasteiger partial charge in [-0.1, -0.05) is 6.07 Å². The molecular weight excluding hydrogens is 396 g/mol. The third-order valence-electron chi connectivity index (χ3n) is 4.50. The Bertz CT molecular complexity index is 962. The van der Waals surface area contributed by atoms with Crippen molar-refractivity contribution in [3.8, 4) is 5.75 Å². The van der Waals surface area contributed by atoms with E-state index in [1.165, 1.54) is 13.2 Å². The van der Waals surface area contributed by atoms with Crippen molar-refractivity contribution < 1.29 is 36.6 Å². The summed E-state index contributed by atoms with van der Waals surface area (Å²) in [5.74, 6) is -1.32. The van der Waals surface area contributed by atoms with Gasteiger partial charge in [-0.2, -0.15) is 13.2 Å². The molecule has 1 heterocycles. The van der Waals surface area contributed by atoms with Crippen LogP contribution in [0.15, 0.2) is 36.4 Å². The standard InChI is InChI=1S/C19H16F4N2O4/c1-28-16-6-3-10(19(21,22)23)7-15(16)25-14(9-17(26)29-2)12-5-4-11(20)8-13(12)24-18(25)27/h3-8,14H,9H2,1-2H3,(H,24,27). The van der Waals surface area contributed by atoms with Gasteiger partial charge in [-0.25, -0.2) is 9.18 Å². The number of urea groups is 1. The largest absolute Gasteiger partial charge is 0.495 e. The van der Waals surface area contributed by atoms with Gasteiger partial charge in [0.25, 0.3) is 0 Å². The highest BCUT2D eigenvalue weighted by atomic mass is 19.4. The highest BCUT2D eigenvalue weighted by molar-refractivity contribution is 6.06. The van der Waals surface area contributed by atoms with E-state index < -0.39 is 35.6 Å². The number of hydrogen-bond acceptors (Lipinski definition) is 4. The number of carbonyl (C=O) groups is 2. The number of methoxy groups -OCH3 is 2. The second kappa shape index (κ2) is 7.61. The van der Waals surface area contributed by atoms with E-state index in [0.29, 0.717) is 5.56 Å². The minimum Gasteiger partial charge on any atom is -0.495 e. The molecule has 0 aliphatic carbocycles. The predicted octanol–water partition coefficient (Wildman–Crippen LogP) is 4.51. The summed E-state index contributed by atoms with van der Waals surface area (Å²) in [6.45, 7) is 0. The van der Waals surface area contributed by atoms with Crippen LogP contribution in [0.3, 0.4) is 0 Å². The van der Waals surface area contributed by atoms with Gasteiger partial charge < -0.3 is 14.8 Å². The van der Waals surface area contributed by atoms with E-state index in [2.05, 4.69) is 10.1 Å². The van der Waals surface area contributed by atoms with Crippen molar-refractivity contribution in [2.75, 3.05) is 24.4 Å². The lowest BCUT2D eigenvalue weighted by Gasteiger charge is -2.37. The van der Waals surface area contributed by atoms with Gasteiger partial charge in [0.15, 0.2) is 0 Å². The Balaban J connectivity index is 2.19. The SMILES string of the molecule is COC(=O)CC1c2ccc(F)cc2NC(=O)N1c1cc(C(F)(F)F)ccc1OC. The number of fused-ring (bicyclic) bond motifs is 1. The number of amides is 2. The molecule has 0 fully saturated rings.